The van der Waals surface area contributed by atoms with Gasteiger partial charge in [0.1, 0.15) is 0 Å². The van der Waals surface area contributed by atoms with Crippen LogP contribution < -0.4 is 10.6 Å². The van der Waals surface area contributed by atoms with Crippen LogP contribution in [0.15, 0.2) is 0 Å². The molecular weight excluding hydrogens is 288 g/mol. The summed E-state index contributed by atoms with van der Waals surface area (Å²) < 4.78 is 0. The number of nitrogens with one attached hydrogen (secondary N) is 2. The van der Waals surface area contributed by atoms with Gasteiger partial charge in [0.15, 0.2) is 0 Å². The van der Waals surface area contributed by atoms with Gasteiger partial charge in [0.25, 0.3) is 0 Å². The summed E-state index contributed by atoms with van der Waals surface area (Å²) >= 11 is 0. The Hall–Kier alpha value is -1.06. The molecule has 0 radical (unpaired) electrons. The Balaban J connectivity index is 0.000000136. The van der Waals surface area contributed by atoms with Crippen LogP contribution in [0.5, 0.6) is 0 Å². The molecule has 4 aliphatic rings. The highest BCUT2D eigenvalue weighted by molar-refractivity contribution is 5.79. The van der Waals surface area contributed by atoms with Gasteiger partial charge >= 0.3 is 0 Å². The maximum Gasteiger partial charge on any atom is 0.223 e. The van der Waals surface area contributed by atoms with E-state index in [-0.39, 0.29) is 5.91 Å². The molecule has 2 saturated heterocycles. The van der Waals surface area contributed by atoms with E-state index < -0.39 is 0 Å². The highest BCUT2D eigenvalue weighted by Crippen LogP contribution is 2.35. The van der Waals surface area contributed by atoms with Gasteiger partial charge < -0.3 is 10.6 Å². The molecule has 0 aromatic carbocycles. The fourth-order valence-corrected chi connectivity index (χ4v) is 5.05. The number of amides is 2. The van der Waals surface area contributed by atoms with Crippen molar-refractivity contribution in [2.24, 2.45) is 23.7 Å². The maximum atomic E-state index is 11.3. The van der Waals surface area contributed by atoms with Crippen molar-refractivity contribution >= 4 is 11.8 Å². The van der Waals surface area contributed by atoms with E-state index in [2.05, 4.69) is 10.6 Å². The van der Waals surface area contributed by atoms with Gasteiger partial charge in [0, 0.05) is 25.4 Å². The summed E-state index contributed by atoms with van der Waals surface area (Å²) in [4.78, 5) is 22.5. The van der Waals surface area contributed by atoms with Gasteiger partial charge in [-0.3, -0.25) is 9.59 Å². The van der Waals surface area contributed by atoms with Crippen LogP contribution in [0.4, 0.5) is 0 Å². The molecule has 0 aromatic heterocycles. The number of hydrogen-bond acceptors (Lipinski definition) is 2. The number of carbonyl (C=O) groups excluding carboxylic acids is 2. The van der Waals surface area contributed by atoms with E-state index in [0.717, 1.165) is 37.8 Å². The lowest BCUT2D eigenvalue weighted by molar-refractivity contribution is -0.130. The molecule has 23 heavy (non-hydrogen) atoms. The lowest BCUT2D eigenvalue weighted by atomic mass is 9.75. The van der Waals surface area contributed by atoms with E-state index in [1.54, 1.807) is 0 Å². The van der Waals surface area contributed by atoms with Gasteiger partial charge in [0.2, 0.25) is 11.8 Å². The third kappa shape index (κ3) is 4.48. The molecule has 2 aliphatic heterocycles. The van der Waals surface area contributed by atoms with Crippen LogP contribution in [-0.2, 0) is 9.59 Å². The summed E-state index contributed by atoms with van der Waals surface area (Å²) in [5.41, 5.74) is 0. The van der Waals surface area contributed by atoms with E-state index in [9.17, 15) is 9.59 Å². The lowest BCUT2D eigenvalue weighted by Gasteiger charge is -2.34. The van der Waals surface area contributed by atoms with Crippen LogP contribution in [0.1, 0.15) is 70.6 Å². The van der Waals surface area contributed by atoms with Crippen molar-refractivity contribution in [3.05, 3.63) is 0 Å². The van der Waals surface area contributed by atoms with Gasteiger partial charge in [-0.1, -0.05) is 32.1 Å². The average molecular weight is 320 g/mol. The highest BCUT2D eigenvalue weighted by Gasteiger charge is 2.33. The van der Waals surface area contributed by atoms with E-state index in [1.165, 1.54) is 57.8 Å². The van der Waals surface area contributed by atoms with E-state index in [1.807, 2.05) is 0 Å². The molecule has 2 aliphatic carbocycles. The monoisotopic (exact) mass is 320 g/mol. The molecule has 2 N–H and O–H groups in total. The summed E-state index contributed by atoms with van der Waals surface area (Å²) in [5.74, 6) is 3.25. The predicted octanol–water partition coefficient (Wildman–Crippen LogP) is 3.02. The second-order valence-corrected chi connectivity index (χ2v) is 7.88. The topological polar surface area (TPSA) is 58.2 Å². The Morgan fingerprint density at radius 3 is 2.04 bits per heavy atom. The lowest BCUT2D eigenvalue weighted by Crippen LogP contribution is -2.43. The summed E-state index contributed by atoms with van der Waals surface area (Å²) in [5, 5.41) is 5.90. The standard InChI is InChI=1S/C10H17NO.C9H15NO/c12-10-7-9-4-2-1-3-8(9)5-6-11-10;11-9-8-4-2-1-3-7(8)5-6-10-9/h8-9H,1-7H2,(H,11,12);7-8H,1-6H2,(H,10,11). The minimum atomic E-state index is 0.282. The molecular formula is C19H32N2O2. The molecule has 4 atom stereocenters. The number of carbonyl (C=O) groups is 2. The summed E-state index contributed by atoms with van der Waals surface area (Å²) in [6.07, 6.45) is 13.6. The molecule has 4 rings (SSSR count). The number of piperidine rings is 1. The molecule has 4 nitrogen and oxygen atoms in total. The zero-order chi connectivity index (χ0) is 16.1. The second-order valence-electron chi connectivity index (χ2n) is 7.88. The molecule has 0 bridgehead atoms. The molecule has 4 unspecified atom stereocenters. The first-order valence-corrected chi connectivity index (χ1v) is 9.78. The Morgan fingerprint density at radius 2 is 1.26 bits per heavy atom. The smallest absolute Gasteiger partial charge is 0.223 e. The van der Waals surface area contributed by atoms with Crippen molar-refractivity contribution in [2.45, 2.75) is 70.6 Å². The van der Waals surface area contributed by atoms with Gasteiger partial charge in [-0.05, 0) is 49.9 Å². The Morgan fingerprint density at radius 1 is 0.652 bits per heavy atom. The molecule has 2 saturated carbocycles. The van der Waals surface area contributed by atoms with Crippen LogP contribution in [0.2, 0.25) is 0 Å². The fourth-order valence-electron chi connectivity index (χ4n) is 5.05. The zero-order valence-corrected chi connectivity index (χ0v) is 14.3. The Bertz CT molecular complexity index is 422. The molecule has 0 aromatic rings. The average Bonchev–Trinajstić information content (AvgIpc) is 2.76. The summed E-state index contributed by atoms with van der Waals surface area (Å²) in [7, 11) is 0. The third-order valence-corrected chi connectivity index (χ3v) is 6.41. The van der Waals surface area contributed by atoms with E-state index in [0.29, 0.717) is 17.7 Å². The number of hydrogen-bond donors (Lipinski definition) is 2. The minimum absolute atomic E-state index is 0.282. The van der Waals surface area contributed by atoms with Crippen molar-refractivity contribution in [3.8, 4) is 0 Å². The minimum Gasteiger partial charge on any atom is -0.356 e. The maximum absolute atomic E-state index is 11.3. The molecule has 2 amide bonds. The normalized spacial score (nSPS) is 37.0. The van der Waals surface area contributed by atoms with Crippen LogP contribution in [-0.4, -0.2) is 24.9 Å². The van der Waals surface area contributed by atoms with Crippen molar-refractivity contribution in [1.82, 2.24) is 10.6 Å². The first kappa shape index (κ1) is 16.8. The largest absolute Gasteiger partial charge is 0.356 e. The Kier molecular flexibility index (Phi) is 5.96. The molecule has 4 heteroatoms. The quantitative estimate of drug-likeness (QED) is 0.721. The SMILES string of the molecule is O=C1CC2CCCCC2CCN1.O=C1NCCC2CCCCC12. The fraction of sp³-hybridized carbons (Fsp3) is 0.895. The first-order chi connectivity index (χ1) is 11.2. The highest BCUT2D eigenvalue weighted by atomic mass is 16.2. The number of rotatable bonds is 0. The van der Waals surface area contributed by atoms with Crippen molar-refractivity contribution in [3.63, 3.8) is 0 Å². The van der Waals surface area contributed by atoms with Crippen LogP contribution >= 0.6 is 0 Å². The van der Waals surface area contributed by atoms with Crippen LogP contribution in [0, 0.1) is 23.7 Å². The van der Waals surface area contributed by atoms with Gasteiger partial charge in [-0.2, -0.15) is 0 Å². The molecule has 2 heterocycles. The van der Waals surface area contributed by atoms with Crippen LogP contribution in [0.25, 0.3) is 0 Å². The molecule has 130 valence electrons. The van der Waals surface area contributed by atoms with Crippen LogP contribution in [0.3, 0.4) is 0 Å². The van der Waals surface area contributed by atoms with Gasteiger partial charge in [0.05, 0.1) is 0 Å². The molecule has 4 fully saturated rings. The van der Waals surface area contributed by atoms with Crippen molar-refractivity contribution in [1.29, 1.82) is 0 Å². The Labute approximate surface area is 140 Å². The van der Waals surface area contributed by atoms with E-state index in [4.69, 9.17) is 0 Å². The van der Waals surface area contributed by atoms with Gasteiger partial charge in [-0.25, -0.2) is 0 Å². The zero-order valence-electron chi connectivity index (χ0n) is 14.3. The first-order valence-electron chi connectivity index (χ1n) is 9.78. The molecule has 0 spiro atoms. The third-order valence-electron chi connectivity index (χ3n) is 6.41. The summed E-state index contributed by atoms with van der Waals surface area (Å²) in [6.45, 7) is 1.83. The van der Waals surface area contributed by atoms with Crippen molar-refractivity contribution < 1.29 is 9.59 Å². The summed E-state index contributed by atoms with van der Waals surface area (Å²) in [6, 6.07) is 0. The predicted molar refractivity (Wildman–Crippen MR) is 90.8 cm³/mol. The van der Waals surface area contributed by atoms with Crippen molar-refractivity contribution in [2.75, 3.05) is 13.1 Å². The van der Waals surface area contributed by atoms with E-state index >= 15 is 0 Å². The number of fused-ring (bicyclic) bond motifs is 2. The second kappa shape index (κ2) is 8.16. The van der Waals surface area contributed by atoms with Gasteiger partial charge in [-0.15, -0.1) is 0 Å².